The van der Waals surface area contributed by atoms with Gasteiger partial charge in [0.15, 0.2) is 0 Å². The molecule has 0 aromatic carbocycles. The smallest absolute Gasteiger partial charge is 0.252 e. The molecule has 0 amide bonds. The molecular weight excluding hydrogens is 327 g/mol. The van der Waals surface area contributed by atoms with Crippen LogP contribution in [-0.2, 0) is 6.54 Å². The van der Waals surface area contributed by atoms with Crippen LogP contribution < -0.4 is 10.9 Å². The first kappa shape index (κ1) is 23.4. The van der Waals surface area contributed by atoms with Crippen LogP contribution in [0.15, 0.2) is 84.1 Å². The highest BCUT2D eigenvalue weighted by molar-refractivity contribution is 5.41. The van der Waals surface area contributed by atoms with Crippen LogP contribution in [0.25, 0.3) is 0 Å². The maximum Gasteiger partial charge on any atom is 0.252 e. The molecule has 1 unspecified atom stereocenters. The lowest BCUT2D eigenvalue weighted by Crippen LogP contribution is -2.20. The van der Waals surface area contributed by atoms with Crippen molar-refractivity contribution in [2.24, 2.45) is 5.92 Å². The molecule has 0 saturated heterocycles. The Kier molecular flexibility index (Phi) is 12.3. The van der Waals surface area contributed by atoms with Crippen molar-refractivity contribution in [2.75, 3.05) is 11.9 Å². The van der Waals surface area contributed by atoms with Gasteiger partial charge >= 0.3 is 0 Å². The number of rotatable bonds is 8. The fraction of sp³-hybridized carbons (Fsp3) is 0.318. The SMILES string of the molecule is C/C=C\C.C=CC(C)CNc1ccn(C/C(C)=C/C=C\C(=C)F)c(=O)c1. The lowest BCUT2D eigenvalue weighted by atomic mass is 10.2. The maximum atomic E-state index is 12.5. The molecule has 0 spiro atoms. The van der Waals surface area contributed by atoms with Crippen LogP contribution in [0.2, 0.25) is 0 Å². The molecule has 0 aliphatic heterocycles. The van der Waals surface area contributed by atoms with Gasteiger partial charge in [0.05, 0.1) is 0 Å². The van der Waals surface area contributed by atoms with Gasteiger partial charge in [0, 0.05) is 31.0 Å². The van der Waals surface area contributed by atoms with Gasteiger partial charge in [0.1, 0.15) is 5.83 Å². The van der Waals surface area contributed by atoms with E-state index in [1.165, 1.54) is 6.08 Å². The first-order valence-electron chi connectivity index (χ1n) is 8.66. The molecule has 142 valence electrons. The molecule has 1 atom stereocenters. The third kappa shape index (κ3) is 11.0. The van der Waals surface area contributed by atoms with Crippen LogP contribution >= 0.6 is 0 Å². The molecule has 1 rings (SSSR count). The molecule has 0 fully saturated rings. The van der Waals surface area contributed by atoms with Gasteiger partial charge in [0.2, 0.25) is 0 Å². The summed E-state index contributed by atoms with van der Waals surface area (Å²) in [6, 6.07) is 3.44. The maximum absolute atomic E-state index is 12.5. The van der Waals surface area contributed by atoms with Crippen LogP contribution in [-0.4, -0.2) is 11.1 Å². The second-order valence-electron chi connectivity index (χ2n) is 5.96. The highest BCUT2D eigenvalue weighted by Gasteiger charge is 2.01. The van der Waals surface area contributed by atoms with Gasteiger partial charge < -0.3 is 9.88 Å². The highest BCUT2D eigenvalue weighted by atomic mass is 19.1. The van der Waals surface area contributed by atoms with Crippen LogP contribution in [0, 0.1) is 5.92 Å². The summed E-state index contributed by atoms with van der Waals surface area (Å²) in [5.41, 5.74) is 1.66. The Hall–Kier alpha value is -2.62. The zero-order valence-corrected chi connectivity index (χ0v) is 16.3. The Morgan fingerprint density at radius 2 is 2.04 bits per heavy atom. The molecule has 1 heterocycles. The van der Waals surface area contributed by atoms with Crippen LogP contribution in [0.5, 0.6) is 0 Å². The Morgan fingerprint density at radius 1 is 1.38 bits per heavy atom. The summed E-state index contributed by atoms with van der Waals surface area (Å²) in [6.07, 6.45) is 12.2. The van der Waals surface area contributed by atoms with E-state index in [2.05, 4.69) is 25.4 Å². The fourth-order valence-electron chi connectivity index (χ4n) is 1.75. The van der Waals surface area contributed by atoms with Gasteiger partial charge in [-0.25, -0.2) is 4.39 Å². The molecule has 0 radical (unpaired) electrons. The van der Waals surface area contributed by atoms with Crippen molar-refractivity contribution >= 4 is 5.69 Å². The lowest BCUT2D eigenvalue weighted by molar-refractivity contribution is 0.671. The van der Waals surface area contributed by atoms with Crippen molar-refractivity contribution in [3.63, 3.8) is 0 Å². The minimum atomic E-state index is -0.495. The summed E-state index contributed by atoms with van der Waals surface area (Å²) in [4.78, 5) is 12.1. The summed E-state index contributed by atoms with van der Waals surface area (Å²) in [5.74, 6) is -0.157. The first-order chi connectivity index (χ1) is 12.3. The number of hydrogen-bond donors (Lipinski definition) is 1. The molecule has 0 bridgehead atoms. The fourth-order valence-corrected chi connectivity index (χ4v) is 1.75. The molecule has 26 heavy (non-hydrogen) atoms. The van der Waals surface area contributed by atoms with E-state index in [0.29, 0.717) is 12.5 Å². The van der Waals surface area contributed by atoms with Crippen molar-refractivity contribution in [1.82, 2.24) is 4.57 Å². The summed E-state index contributed by atoms with van der Waals surface area (Å²) < 4.78 is 14.1. The summed E-state index contributed by atoms with van der Waals surface area (Å²) >= 11 is 0. The lowest BCUT2D eigenvalue weighted by Gasteiger charge is -2.11. The third-order valence-corrected chi connectivity index (χ3v) is 3.44. The van der Waals surface area contributed by atoms with Crippen molar-refractivity contribution in [3.8, 4) is 0 Å². The number of anilines is 1. The highest BCUT2D eigenvalue weighted by Crippen LogP contribution is 2.06. The van der Waals surface area contributed by atoms with Crippen molar-refractivity contribution in [1.29, 1.82) is 0 Å². The van der Waals surface area contributed by atoms with E-state index in [1.807, 2.05) is 45.1 Å². The van der Waals surface area contributed by atoms with Crippen molar-refractivity contribution < 1.29 is 4.39 Å². The monoisotopic (exact) mass is 358 g/mol. The van der Waals surface area contributed by atoms with E-state index in [0.717, 1.165) is 17.8 Å². The number of pyridine rings is 1. The zero-order valence-electron chi connectivity index (χ0n) is 16.3. The number of allylic oxidation sites excluding steroid dienone is 7. The van der Waals surface area contributed by atoms with Gasteiger partial charge in [-0.05, 0) is 38.8 Å². The van der Waals surface area contributed by atoms with E-state index in [4.69, 9.17) is 0 Å². The minimum absolute atomic E-state index is 0.0807. The van der Waals surface area contributed by atoms with Crippen LogP contribution in [0.1, 0.15) is 27.7 Å². The van der Waals surface area contributed by atoms with Crippen LogP contribution in [0.3, 0.4) is 0 Å². The predicted molar refractivity (Wildman–Crippen MR) is 112 cm³/mol. The molecule has 1 aromatic heterocycles. The number of nitrogens with zero attached hydrogens (tertiary/aromatic N) is 1. The summed E-state index contributed by atoms with van der Waals surface area (Å²) in [5, 5.41) is 3.20. The van der Waals surface area contributed by atoms with Gasteiger partial charge in [-0.2, -0.15) is 0 Å². The Balaban J connectivity index is 0.00000141. The van der Waals surface area contributed by atoms with E-state index >= 15 is 0 Å². The summed E-state index contributed by atoms with van der Waals surface area (Å²) in [7, 11) is 0. The molecule has 3 nitrogen and oxygen atoms in total. The van der Waals surface area contributed by atoms with E-state index in [9.17, 15) is 9.18 Å². The quantitative estimate of drug-likeness (QED) is 0.481. The Bertz CT molecular complexity index is 707. The molecule has 0 aliphatic carbocycles. The van der Waals surface area contributed by atoms with Crippen molar-refractivity contribution in [2.45, 2.75) is 34.2 Å². The number of hydrogen-bond acceptors (Lipinski definition) is 2. The van der Waals surface area contributed by atoms with E-state index < -0.39 is 5.83 Å². The van der Waals surface area contributed by atoms with Crippen molar-refractivity contribution in [3.05, 3.63) is 89.7 Å². The first-order valence-corrected chi connectivity index (χ1v) is 8.66. The Morgan fingerprint density at radius 3 is 2.54 bits per heavy atom. The van der Waals surface area contributed by atoms with Crippen LogP contribution in [0.4, 0.5) is 10.1 Å². The number of nitrogens with one attached hydrogen (secondary N) is 1. The predicted octanol–water partition coefficient (Wildman–Crippen LogP) is 5.65. The minimum Gasteiger partial charge on any atom is -0.384 e. The van der Waals surface area contributed by atoms with Gasteiger partial charge in [-0.3, -0.25) is 4.79 Å². The summed E-state index contributed by atoms with van der Waals surface area (Å²) in [6.45, 7) is 16.0. The topological polar surface area (TPSA) is 34.0 Å². The zero-order chi connectivity index (χ0) is 19.9. The standard InChI is InChI=1S/C18H23FN2O.C4H8/c1-5-14(2)12-20-17-9-10-21(18(22)11-17)13-15(3)7-6-8-16(4)19;1-3-4-2/h5-11,14,20H,1,4,12-13H2,2-3H3;3-4H,1-2H3/b8-6-,15-7+;4-3-. The average Bonchev–Trinajstić information content (AvgIpc) is 2.61. The van der Waals surface area contributed by atoms with Gasteiger partial charge in [0.25, 0.3) is 5.56 Å². The number of halogens is 1. The van der Waals surface area contributed by atoms with E-state index in [1.54, 1.807) is 29.0 Å². The van der Waals surface area contributed by atoms with Gasteiger partial charge in [-0.15, -0.1) is 6.58 Å². The second kappa shape index (κ2) is 13.6. The molecule has 1 aromatic rings. The molecule has 0 aliphatic rings. The second-order valence-corrected chi connectivity index (χ2v) is 5.96. The molecule has 0 saturated carbocycles. The van der Waals surface area contributed by atoms with E-state index in [-0.39, 0.29) is 5.56 Å². The molecular formula is C22H31FN2O. The molecule has 4 heteroatoms. The Labute approximate surface area is 156 Å². The normalized spacial score (nSPS) is 12.6. The number of aromatic nitrogens is 1. The van der Waals surface area contributed by atoms with Gasteiger partial charge in [-0.1, -0.05) is 49.5 Å². The largest absolute Gasteiger partial charge is 0.384 e. The average molecular weight is 359 g/mol. The third-order valence-electron chi connectivity index (χ3n) is 3.44. The molecule has 1 N–H and O–H groups in total.